The number of aromatic carboxylic acids is 1. The third kappa shape index (κ3) is 3.12. The molecule has 1 aromatic carbocycles. The maximum atomic E-state index is 11.8. The number of hydrogen-bond donors (Lipinski definition) is 1. The first-order chi connectivity index (χ1) is 8.97. The number of rotatable bonds is 3. The zero-order valence-corrected chi connectivity index (χ0v) is 11.8. The third-order valence-electron chi connectivity index (χ3n) is 2.79. The van der Waals surface area contributed by atoms with Crippen molar-refractivity contribution in [2.45, 2.75) is 13.5 Å². The molecule has 0 amide bonds. The van der Waals surface area contributed by atoms with E-state index in [-0.39, 0.29) is 11.1 Å². The molecule has 1 N–H and O–H groups in total. The van der Waals surface area contributed by atoms with E-state index >= 15 is 0 Å². The minimum atomic E-state index is -0.972. The number of hydrogen-bond acceptors (Lipinski definition) is 2. The summed E-state index contributed by atoms with van der Waals surface area (Å²) in [5, 5.41) is 8.89. The van der Waals surface area contributed by atoms with Crippen LogP contribution in [0.5, 0.6) is 0 Å². The van der Waals surface area contributed by atoms with E-state index in [2.05, 4.69) is 15.9 Å². The number of aromatic nitrogens is 1. The number of aryl methyl sites for hydroxylation is 1. The molecule has 1 heterocycles. The molecule has 4 nitrogen and oxygen atoms in total. The number of carboxylic acid groups (broad SMARTS) is 1. The molecule has 0 saturated carbocycles. The topological polar surface area (TPSA) is 59.3 Å². The predicted octanol–water partition coefficient (Wildman–Crippen LogP) is 2.67. The van der Waals surface area contributed by atoms with Gasteiger partial charge in [0, 0.05) is 16.7 Å². The summed E-state index contributed by atoms with van der Waals surface area (Å²) in [6.07, 6.45) is 1.73. The number of pyridine rings is 1. The van der Waals surface area contributed by atoms with Gasteiger partial charge in [0.15, 0.2) is 0 Å². The van der Waals surface area contributed by atoms with Gasteiger partial charge in [-0.15, -0.1) is 0 Å². The largest absolute Gasteiger partial charge is 0.478 e. The molecule has 0 aliphatic carbocycles. The summed E-state index contributed by atoms with van der Waals surface area (Å²) in [5.74, 6) is -0.972. The lowest BCUT2D eigenvalue weighted by Crippen LogP contribution is -2.19. The van der Waals surface area contributed by atoms with Crippen molar-refractivity contribution < 1.29 is 9.90 Å². The van der Waals surface area contributed by atoms with Crippen molar-refractivity contribution in [3.63, 3.8) is 0 Å². The van der Waals surface area contributed by atoms with E-state index in [9.17, 15) is 9.59 Å². The van der Waals surface area contributed by atoms with Gasteiger partial charge in [0.05, 0.1) is 12.1 Å². The Bertz CT molecular complexity index is 691. The first-order valence-corrected chi connectivity index (χ1v) is 6.45. The normalized spacial score (nSPS) is 10.4. The van der Waals surface area contributed by atoms with Crippen molar-refractivity contribution >= 4 is 21.9 Å². The summed E-state index contributed by atoms with van der Waals surface area (Å²) in [4.78, 5) is 22.6. The highest BCUT2D eigenvalue weighted by atomic mass is 79.9. The van der Waals surface area contributed by atoms with Crippen LogP contribution in [0, 0.1) is 6.92 Å². The molecule has 0 aliphatic rings. The Hall–Kier alpha value is -1.88. The van der Waals surface area contributed by atoms with Crippen molar-refractivity contribution in [3.05, 3.63) is 68.0 Å². The van der Waals surface area contributed by atoms with Gasteiger partial charge >= 0.3 is 5.97 Å². The van der Waals surface area contributed by atoms with E-state index in [0.29, 0.717) is 11.0 Å². The molecule has 0 fully saturated rings. The standard InChI is InChI=1S/C14H12BrNO3/c1-9-4-5-16(13(17)6-9)8-11-3-2-10(14(18)19)7-12(11)15/h2-7H,8H2,1H3,(H,18,19). The van der Waals surface area contributed by atoms with Gasteiger partial charge in [-0.2, -0.15) is 0 Å². The quantitative estimate of drug-likeness (QED) is 0.945. The second kappa shape index (κ2) is 5.40. The molecule has 0 spiro atoms. The smallest absolute Gasteiger partial charge is 0.335 e. The SMILES string of the molecule is Cc1ccn(Cc2ccc(C(=O)O)cc2Br)c(=O)c1. The Kier molecular flexibility index (Phi) is 3.85. The van der Waals surface area contributed by atoms with E-state index in [1.54, 1.807) is 22.9 Å². The van der Waals surface area contributed by atoms with E-state index < -0.39 is 5.97 Å². The summed E-state index contributed by atoms with van der Waals surface area (Å²) in [6.45, 7) is 2.27. The molecular formula is C14H12BrNO3. The summed E-state index contributed by atoms with van der Waals surface area (Å²) >= 11 is 3.33. The molecule has 0 radical (unpaired) electrons. The van der Waals surface area contributed by atoms with E-state index in [0.717, 1.165) is 11.1 Å². The van der Waals surface area contributed by atoms with Gasteiger partial charge in [0.2, 0.25) is 0 Å². The molecule has 5 heteroatoms. The number of halogens is 1. The lowest BCUT2D eigenvalue weighted by molar-refractivity contribution is 0.0697. The zero-order chi connectivity index (χ0) is 14.0. The molecule has 0 aliphatic heterocycles. The molecule has 19 heavy (non-hydrogen) atoms. The van der Waals surface area contributed by atoms with Crippen LogP contribution in [0.25, 0.3) is 0 Å². The molecule has 98 valence electrons. The Labute approximate surface area is 118 Å². The van der Waals surface area contributed by atoms with Gasteiger partial charge in [-0.3, -0.25) is 4.79 Å². The average molecular weight is 322 g/mol. The molecule has 0 unspecified atom stereocenters. The number of carbonyl (C=O) groups is 1. The van der Waals surface area contributed by atoms with Crippen LogP contribution in [0.2, 0.25) is 0 Å². The van der Waals surface area contributed by atoms with E-state index in [1.807, 2.05) is 13.0 Å². The van der Waals surface area contributed by atoms with Crippen LogP contribution in [-0.2, 0) is 6.54 Å². The Balaban J connectivity index is 2.33. The van der Waals surface area contributed by atoms with Crippen molar-refractivity contribution in [1.29, 1.82) is 0 Å². The van der Waals surface area contributed by atoms with Crippen LogP contribution in [0.3, 0.4) is 0 Å². The van der Waals surface area contributed by atoms with Crippen molar-refractivity contribution in [2.75, 3.05) is 0 Å². The Morgan fingerprint density at radius 1 is 1.32 bits per heavy atom. The lowest BCUT2D eigenvalue weighted by Gasteiger charge is -2.08. The third-order valence-corrected chi connectivity index (χ3v) is 3.53. The minimum absolute atomic E-state index is 0.0748. The monoisotopic (exact) mass is 321 g/mol. The van der Waals surface area contributed by atoms with Crippen molar-refractivity contribution in [2.24, 2.45) is 0 Å². The predicted molar refractivity (Wildman–Crippen MR) is 75.6 cm³/mol. The Morgan fingerprint density at radius 2 is 2.05 bits per heavy atom. The molecule has 2 aromatic rings. The molecule has 0 saturated heterocycles. The van der Waals surface area contributed by atoms with E-state index in [1.165, 1.54) is 12.1 Å². The van der Waals surface area contributed by atoms with Gasteiger partial charge < -0.3 is 9.67 Å². The van der Waals surface area contributed by atoms with Gasteiger partial charge in [-0.1, -0.05) is 22.0 Å². The van der Waals surface area contributed by atoms with Gasteiger partial charge in [-0.25, -0.2) is 4.79 Å². The van der Waals surface area contributed by atoms with Crippen LogP contribution in [-0.4, -0.2) is 15.6 Å². The highest BCUT2D eigenvalue weighted by molar-refractivity contribution is 9.10. The van der Waals surface area contributed by atoms with Crippen LogP contribution in [0.4, 0.5) is 0 Å². The Morgan fingerprint density at radius 3 is 2.63 bits per heavy atom. The molecular weight excluding hydrogens is 310 g/mol. The van der Waals surface area contributed by atoms with Gasteiger partial charge in [-0.05, 0) is 36.2 Å². The second-order valence-electron chi connectivity index (χ2n) is 4.28. The minimum Gasteiger partial charge on any atom is -0.478 e. The highest BCUT2D eigenvalue weighted by Gasteiger charge is 2.07. The van der Waals surface area contributed by atoms with E-state index in [4.69, 9.17) is 5.11 Å². The summed E-state index contributed by atoms with van der Waals surface area (Å²) in [6, 6.07) is 8.21. The summed E-state index contributed by atoms with van der Waals surface area (Å²) in [7, 11) is 0. The van der Waals surface area contributed by atoms with Crippen LogP contribution in [0.15, 0.2) is 45.8 Å². The van der Waals surface area contributed by atoms with Crippen LogP contribution >= 0.6 is 15.9 Å². The fraction of sp³-hybridized carbons (Fsp3) is 0.143. The van der Waals surface area contributed by atoms with Gasteiger partial charge in [0.1, 0.15) is 0 Å². The maximum absolute atomic E-state index is 11.8. The first-order valence-electron chi connectivity index (χ1n) is 5.66. The fourth-order valence-electron chi connectivity index (χ4n) is 1.73. The highest BCUT2D eigenvalue weighted by Crippen LogP contribution is 2.19. The van der Waals surface area contributed by atoms with Crippen molar-refractivity contribution in [3.8, 4) is 0 Å². The molecule has 1 aromatic heterocycles. The van der Waals surface area contributed by atoms with Crippen LogP contribution in [0.1, 0.15) is 21.5 Å². The number of benzene rings is 1. The fourth-order valence-corrected chi connectivity index (χ4v) is 2.23. The molecule has 2 rings (SSSR count). The average Bonchev–Trinajstić information content (AvgIpc) is 2.34. The first kappa shape index (κ1) is 13.5. The van der Waals surface area contributed by atoms with Crippen molar-refractivity contribution in [1.82, 2.24) is 4.57 Å². The van der Waals surface area contributed by atoms with Crippen LogP contribution < -0.4 is 5.56 Å². The number of carboxylic acids is 1. The molecule has 0 atom stereocenters. The second-order valence-corrected chi connectivity index (χ2v) is 5.14. The molecule has 0 bridgehead atoms. The zero-order valence-electron chi connectivity index (χ0n) is 10.3. The number of nitrogens with zero attached hydrogens (tertiary/aromatic N) is 1. The summed E-state index contributed by atoms with van der Waals surface area (Å²) in [5.41, 5.74) is 1.92. The summed E-state index contributed by atoms with van der Waals surface area (Å²) < 4.78 is 2.26. The lowest BCUT2D eigenvalue weighted by atomic mass is 10.1. The van der Waals surface area contributed by atoms with Gasteiger partial charge in [0.25, 0.3) is 5.56 Å². The maximum Gasteiger partial charge on any atom is 0.335 e.